The van der Waals surface area contributed by atoms with Crippen molar-refractivity contribution in [1.82, 2.24) is 0 Å². The molecule has 3 N–H and O–H groups in total. The van der Waals surface area contributed by atoms with E-state index in [-0.39, 0.29) is 16.9 Å². The lowest BCUT2D eigenvalue weighted by Gasteiger charge is -2.49. The van der Waals surface area contributed by atoms with Gasteiger partial charge in [0, 0.05) is 12.0 Å². The van der Waals surface area contributed by atoms with E-state index in [9.17, 15) is 5.11 Å². The van der Waals surface area contributed by atoms with Crippen LogP contribution in [0.5, 0.6) is 0 Å². The van der Waals surface area contributed by atoms with Crippen LogP contribution < -0.4 is 5.73 Å². The lowest BCUT2D eigenvalue weighted by molar-refractivity contribution is -0.0778. The van der Waals surface area contributed by atoms with E-state index in [1.807, 2.05) is 0 Å². The van der Waals surface area contributed by atoms with E-state index >= 15 is 0 Å². The topological polar surface area (TPSA) is 46.2 Å². The first-order valence-corrected chi connectivity index (χ1v) is 7.41. The average Bonchev–Trinajstić information content (AvgIpc) is 2.25. The van der Waals surface area contributed by atoms with Crippen molar-refractivity contribution in [2.75, 3.05) is 6.54 Å². The van der Waals surface area contributed by atoms with Gasteiger partial charge in [-0.1, -0.05) is 41.5 Å². The molecule has 18 heavy (non-hydrogen) atoms. The fraction of sp³-hybridized carbons (Fsp3) is 1.00. The van der Waals surface area contributed by atoms with Crippen LogP contribution in [0.2, 0.25) is 0 Å². The summed E-state index contributed by atoms with van der Waals surface area (Å²) in [7, 11) is 0. The summed E-state index contributed by atoms with van der Waals surface area (Å²) in [5.41, 5.74) is 6.28. The first-order chi connectivity index (χ1) is 8.03. The second kappa shape index (κ2) is 5.13. The molecule has 0 radical (unpaired) electrons. The van der Waals surface area contributed by atoms with Crippen molar-refractivity contribution < 1.29 is 5.11 Å². The molecule has 0 bridgehead atoms. The lowest BCUT2D eigenvalue weighted by Crippen LogP contribution is -2.50. The predicted molar refractivity (Wildman–Crippen MR) is 78.4 cm³/mol. The van der Waals surface area contributed by atoms with Crippen LogP contribution in [0.3, 0.4) is 0 Å². The molecule has 1 aliphatic carbocycles. The molecule has 1 saturated carbocycles. The van der Waals surface area contributed by atoms with Crippen LogP contribution in [0, 0.1) is 22.2 Å². The molecule has 1 atom stereocenters. The summed E-state index contributed by atoms with van der Waals surface area (Å²) in [5, 5.41) is 10.7. The minimum Gasteiger partial charge on any atom is -0.392 e. The third-order valence-electron chi connectivity index (χ3n) is 5.01. The van der Waals surface area contributed by atoms with Crippen LogP contribution >= 0.6 is 0 Å². The maximum Gasteiger partial charge on any atom is 0.0656 e. The molecule has 1 rings (SSSR count). The molecule has 0 aromatic heterocycles. The van der Waals surface area contributed by atoms with Crippen LogP contribution in [0.1, 0.15) is 67.2 Å². The van der Waals surface area contributed by atoms with Gasteiger partial charge in [-0.2, -0.15) is 0 Å². The fourth-order valence-electron chi connectivity index (χ4n) is 3.57. The zero-order valence-corrected chi connectivity index (χ0v) is 13.2. The van der Waals surface area contributed by atoms with Gasteiger partial charge in [-0.15, -0.1) is 0 Å². The van der Waals surface area contributed by atoms with Crippen molar-refractivity contribution >= 4 is 0 Å². The number of nitrogens with two attached hydrogens (primary N) is 1. The van der Waals surface area contributed by atoms with Gasteiger partial charge in [-0.05, 0) is 42.4 Å². The highest BCUT2D eigenvalue weighted by atomic mass is 16.3. The summed E-state index contributed by atoms with van der Waals surface area (Å²) in [6.45, 7) is 13.9. The highest BCUT2D eigenvalue weighted by Crippen LogP contribution is 2.49. The SMILES string of the molecule is CC(C)(C)C1CCC(CN)(C(O)C(C)(C)C)CC1. The Balaban J connectivity index is 2.78. The maximum absolute atomic E-state index is 10.7. The summed E-state index contributed by atoms with van der Waals surface area (Å²) in [5.74, 6) is 0.768. The molecule has 1 fully saturated rings. The van der Waals surface area contributed by atoms with E-state index in [2.05, 4.69) is 41.5 Å². The van der Waals surface area contributed by atoms with Crippen LogP contribution in [0.4, 0.5) is 0 Å². The molecule has 0 aromatic carbocycles. The Labute approximate surface area is 113 Å². The molecule has 2 heteroatoms. The summed E-state index contributed by atoms with van der Waals surface area (Å²) < 4.78 is 0. The van der Waals surface area contributed by atoms with Crippen molar-refractivity contribution in [1.29, 1.82) is 0 Å². The smallest absolute Gasteiger partial charge is 0.0656 e. The van der Waals surface area contributed by atoms with Gasteiger partial charge in [-0.25, -0.2) is 0 Å². The Bertz CT molecular complexity index is 264. The van der Waals surface area contributed by atoms with Gasteiger partial charge < -0.3 is 10.8 Å². The Morgan fingerprint density at radius 3 is 1.83 bits per heavy atom. The molecule has 0 aromatic rings. The molecule has 0 aliphatic heterocycles. The van der Waals surface area contributed by atoms with Gasteiger partial charge in [0.15, 0.2) is 0 Å². The monoisotopic (exact) mass is 255 g/mol. The second-order valence-corrected chi connectivity index (χ2v) is 8.48. The van der Waals surface area contributed by atoms with E-state index in [4.69, 9.17) is 5.73 Å². The zero-order valence-electron chi connectivity index (χ0n) is 13.2. The third-order valence-corrected chi connectivity index (χ3v) is 5.01. The number of rotatable bonds is 2. The summed E-state index contributed by atoms with van der Waals surface area (Å²) in [6, 6.07) is 0. The summed E-state index contributed by atoms with van der Waals surface area (Å²) in [4.78, 5) is 0. The first kappa shape index (κ1) is 16.0. The van der Waals surface area contributed by atoms with Gasteiger partial charge >= 0.3 is 0 Å². The quantitative estimate of drug-likeness (QED) is 0.792. The molecule has 0 heterocycles. The molecule has 108 valence electrons. The molecule has 1 aliphatic rings. The van der Waals surface area contributed by atoms with Gasteiger partial charge in [-0.3, -0.25) is 0 Å². The van der Waals surface area contributed by atoms with Crippen molar-refractivity contribution in [3.63, 3.8) is 0 Å². The standard InChI is InChI=1S/C16H33NO/c1-14(2,3)12-7-9-16(11-17,10-8-12)13(18)15(4,5)6/h12-13,18H,7-11,17H2,1-6H3. The minimum absolute atomic E-state index is 0.0556. The Hall–Kier alpha value is -0.0800. The lowest BCUT2D eigenvalue weighted by atomic mass is 9.59. The Kier molecular flexibility index (Phi) is 4.55. The molecule has 0 amide bonds. The maximum atomic E-state index is 10.7. The highest BCUT2D eigenvalue weighted by molar-refractivity contribution is 4.97. The van der Waals surface area contributed by atoms with Gasteiger partial charge in [0.2, 0.25) is 0 Å². The van der Waals surface area contributed by atoms with Gasteiger partial charge in [0.25, 0.3) is 0 Å². The minimum atomic E-state index is -0.295. The van der Waals surface area contributed by atoms with E-state index in [0.29, 0.717) is 12.0 Å². The van der Waals surface area contributed by atoms with Crippen molar-refractivity contribution in [2.24, 2.45) is 27.9 Å². The van der Waals surface area contributed by atoms with E-state index in [0.717, 1.165) is 18.8 Å². The van der Waals surface area contributed by atoms with E-state index < -0.39 is 0 Å². The van der Waals surface area contributed by atoms with E-state index in [1.165, 1.54) is 12.8 Å². The predicted octanol–water partition coefficient (Wildman–Crippen LogP) is 3.57. The largest absolute Gasteiger partial charge is 0.392 e. The van der Waals surface area contributed by atoms with Crippen LogP contribution in [0.15, 0.2) is 0 Å². The van der Waals surface area contributed by atoms with Crippen molar-refractivity contribution in [3.8, 4) is 0 Å². The molecule has 0 saturated heterocycles. The molecular formula is C16H33NO. The summed E-state index contributed by atoms with van der Waals surface area (Å²) in [6.07, 6.45) is 4.26. The fourth-order valence-corrected chi connectivity index (χ4v) is 3.57. The van der Waals surface area contributed by atoms with E-state index in [1.54, 1.807) is 0 Å². The molecule has 0 spiro atoms. The second-order valence-electron chi connectivity index (χ2n) is 8.48. The van der Waals surface area contributed by atoms with Crippen LogP contribution in [-0.2, 0) is 0 Å². The van der Waals surface area contributed by atoms with Crippen molar-refractivity contribution in [3.05, 3.63) is 0 Å². The molecule has 1 unspecified atom stereocenters. The Morgan fingerprint density at radius 1 is 1.11 bits per heavy atom. The van der Waals surface area contributed by atoms with Crippen molar-refractivity contribution in [2.45, 2.75) is 73.3 Å². The van der Waals surface area contributed by atoms with Crippen LogP contribution in [0.25, 0.3) is 0 Å². The van der Waals surface area contributed by atoms with Gasteiger partial charge in [0.1, 0.15) is 0 Å². The Morgan fingerprint density at radius 2 is 1.56 bits per heavy atom. The number of aliphatic hydroxyl groups is 1. The normalized spacial score (nSPS) is 32.3. The number of hydrogen-bond donors (Lipinski definition) is 2. The van der Waals surface area contributed by atoms with Crippen LogP contribution in [-0.4, -0.2) is 17.8 Å². The highest BCUT2D eigenvalue weighted by Gasteiger charge is 2.46. The number of aliphatic hydroxyl groups excluding tert-OH is 1. The first-order valence-electron chi connectivity index (χ1n) is 7.41. The molecular weight excluding hydrogens is 222 g/mol. The third kappa shape index (κ3) is 3.27. The van der Waals surface area contributed by atoms with Gasteiger partial charge in [0.05, 0.1) is 6.10 Å². The number of hydrogen-bond acceptors (Lipinski definition) is 2. The zero-order chi connectivity index (χ0) is 14.2. The average molecular weight is 255 g/mol. The summed E-state index contributed by atoms with van der Waals surface area (Å²) >= 11 is 0. The molecule has 2 nitrogen and oxygen atoms in total.